The normalized spacial score (nSPS) is 13.0. The monoisotopic (exact) mass is 351 g/mol. The average Bonchev–Trinajstić information content (AvgIpc) is 2.98. The molecule has 1 aromatic heterocycles. The van der Waals surface area contributed by atoms with Gasteiger partial charge in [-0.15, -0.1) is 0 Å². The van der Waals surface area contributed by atoms with Crippen molar-refractivity contribution >= 4 is 15.9 Å². The number of amides is 1. The lowest BCUT2D eigenvalue weighted by Gasteiger charge is -2.14. The number of hydrogen-bond donors (Lipinski definition) is 2. The number of carbonyl (C=O) groups is 1. The van der Waals surface area contributed by atoms with E-state index >= 15 is 0 Å². The fourth-order valence-corrected chi connectivity index (χ4v) is 3.11. The maximum atomic E-state index is 12.1. The van der Waals surface area contributed by atoms with Crippen LogP contribution in [0.1, 0.15) is 22.2 Å². The third-order valence-electron chi connectivity index (χ3n) is 3.68. The fourth-order valence-electron chi connectivity index (χ4n) is 2.21. The zero-order valence-electron chi connectivity index (χ0n) is 13.8. The minimum Gasteiger partial charge on any atom is -0.385 e. The Morgan fingerprint density at radius 2 is 1.88 bits per heavy atom. The van der Waals surface area contributed by atoms with E-state index in [9.17, 15) is 18.3 Å². The van der Waals surface area contributed by atoms with Crippen LogP contribution in [0.5, 0.6) is 0 Å². The van der Waals surface area contributed by atoms with Crippen LogP contribution in [0.2, 0.25) is 0 Å². The Morgan fingerprint density at radius 1 is 1.25 bits per heavy atom. The second-order valence-electron chi connectivity index (χ2n) is 5.58. The standard InChI is InChI=1S/C16H21N3O4S/c1-18(2)24(22,23)13-8-6-12(7-9-13)16(21)17-11-15(20)14-5-4-10-19(14)3/h4-10,15,20H,11H2,1-3H3,(H,17,21). The summed E-state index contributed by atoms with van der Waals surface area (Å²) in [7, 11) is 1.18. The molecule has 8 heteroatoms. The lowest BCUT2D eigenvalue weighted by Crippen LogP contribution is -2.29. The molecule has 1 aromatic carbocycles. The highest BCUT2D eigenvalue weighted by Crippen LogP contribution is 2.15. The molecule has 0 bridgehead atoms. The van der Waals surface area contributed by atoms with E-state index in [0.29, 0.717) is 11.3 Å². The van der Waals surface area contributed by atoms with Crippen LogP contribution in [0.4, 0.5) is 0 Å². The quantitative estimate of drug-likeness (QED) is 0.803. The predicted molar refractivity (Wildman–Crippen MR) is 90.0 cm³/mol. The summed E-state index contributed by atoms with van der Waals surface area (Å²) >= 11 is 0. The largest absolute Gasteiger partial charge is 0.385 e. The van der Waals surface area contributed by atoms with E-state index < -0.39 is 16.1 Å². The van der Waals surface area contributed by atoms with Crippen molar-refractivity contribution in [2.75, 3.05) is 20.6 Å². The summed E-state index contributed by atoms with van der Waals surface area (Å²) in [4.78, 5) is 12.2. The van der Waals surface area contributed by atoms with E-state index in [1.807, 2.05) is 19.3 Å². The number of aliphatic hydroxyl groups is 1. The van der Waals surface area contributed by atoms with Gasteiger partial charge < -0.3 is 15.0 Å². The average molecular weight is 351 g/mol. The zero-order valence-corrected chi connectivity index (χ0v) is 14.6. The van der Waals surface area contributed by atoms with Gasteiger partial charge in [0.2, 0.25) is 10.0 Å². The van der Waals surface area contributed by atoms with Gasteiger partial charge in [0.25, 0.3) is 5.91 Å². The molecule has 7 nitrogen and oxygen atoms in total. The Morgan fingerprint density at radius 3 is 2.38 bits per heavy atom. The Balaban J connectivity index is 2.02. The molecule has 0 saturated carbocycles. The molecule has 130 valence electrons. The van der Waals surface area contributed by atoms with Crippen LogP contribution in [-0.2, 0) is 17.1 Å². The van der Waals surface area contributed by atoms with Gasteiger partial charge in [-0.25, -0.2) is 12.7 Å². The number of aromatic nitrogens is 1. The molecule has 1 atom stereocenters. The Bertz CT molecular complexity index is 810. The second kappa shape index (κ2) is 7.16. The highest BCUT2D eigenvalue weighted by molar-refractivity contribution is 7.89. The maximum absolute atomic E-state index is 12.1. The Kier molecular flexibility index (Phi) is 5.43. The minimum atomic E-state index is -3.52. The van der Waals surface area contributed by atoms with E-state index in [-0.39, 0.29) is 17.3 Å². The van der Waals surface area contributed by atoms with E-state index in [2.05, 4.69) is 5.32 Å². The molecule has 1 heterocycles. The first-order valence-electron chi connectivity index (χ1n) is 7.33. The first-order valence-corrected chi connectivity index (χ1v) is 8.77. The highest BCUT2D eigenvalue weighted by Gasteiger charge is 2.18. The van der Waals surface area contributed by atoms with Crippen LogP contribution in [0.3, 0.4) is 0 Å². The smallest absolute Gasteiger partial charge is 0.251 e. The number of aryl methyl sites for hydroxylation is 1. The maximum Gasteiger partial charge on any atom is 0.251 e. The SMILES string of the molecule is CN(C)S(=O)(=O)c1ccc(C(=O)NCC(O)c2cccn2C)cc1. The summed E-state index contributed by atoms with van der Waals surface area (Å²) in [6, 6.07) is 9.25. The zero-order chi connectivity index (χ0) is 17.9. The summed E-state index contributed by atoms with van der Waals surface area (Å²) < 4.78 is 26.8. The molecule has 0 fully saturated rings. The first-order chi connectivity index (χ1) is 11.2. The Labute approximate surface area is 141 Å². The second-order valence-corrected chi connectivity index (χ2v) is 7.73. The molecule has 0 aliphatic carbocycles. The van der Waals surface area contributed by atoms with Crippen molar-refractivity contribution in [1.82, 2.24) is 14.2 Å². The third kappa shape index (κ3) is 3.84. The van der Waals surface area contributed by atoms with Gasteiger partial charge in [-0.3, -0.25) is 4.79 Å². The molecule has 0 aliphatic rings. The lowest BCUT2D eigenvalue weighted by atomic mass is 10.2. The lowest BCUT2D eigenvalue weighted by molar-refractivity contribution is 0.0912. The van der Waals surface area contributed by atoms with Crippen molar-refractivity contribution in [1.29, 1.82) is 0 Å². The molecule has 0 aliphatic heterocycles. The number of aliphatic hydroxyl groups excluding tert-OH is 1. The predicted octanol–water partition coefficient (Wildman–Crippen LogP) is 0.739. The van der Waals surface area contributed by atoms with Gasteiger partial charge in [-0.1, -0.05) is 0 Å². The fraction of sp³-hybridized carbons (Fsp3) is 0.312. The molecule has 0 radical (unpaired) electrons. The van der Waals surface area contributed by atoms with Crippen LogP contribution in [0.25, 0.3) is 0 Å². The van der Waals surface area contributed by atoms with E-state index in [0.717, 1.165) is 4.31 Å². The molecular weight excluding hydrogens is 330 g/mol. The molecule has 0 saturated heterocycles. The van der Waals surface area contributed by atoms with Crippen LogP contribution < -0.4 is 5.32 Å². The van der Waals surface area contributed by atoms with Crippen molar-refractivity contribution in [2.24, 2.45) is 7.05 Å². The van der Waals surface area contributed by atoms with Crippen molar-refractivity contribution in [3.8, 4) is 0 Å². The number of benzene rings is 1. The molecule has 2 rings (SSSR count). The van der Waals surface area contributed by atoms with Crippen molar-refractivity contribution < 1.29 is 18.3 Å². The van der Waals surface area contributed by atoms with Gasteiger partial charge in [-0.05, 0) is 36.4 Å². The summed E-state index contributed by atoms with van der Waals surface area (Å²) in [6.45, 7) is 0.0639. The number of hydrogen-bond acceptors (Lipinski definition) is 4. The molecule has 2 aromatic rings. The number of nitrogens with one attached hydrogen (secondary N) is 1. The number of nitrogens with zero attached hydrogens (tertiary/aromatic N) is 2. The van der Waals surface area contributed by atoms with Gasteiger partial charge >= 0.3 is 0 Å². The van der Waals surface area contributed by atoms with Gasteiger partial charge in [0.05, 0.1) is 4.90 Å². The van der Waals surface area contributed by atoms with Gasteiger partial charge in [0.1, 0.15) is 6.10 Å². The third-order valence-corrected chi connectivity index (χ3v) is 5.51. The van der Waals surface area contributed by atoms with E-state index in [1.165, 1.54) is 38.4 Å². The van der Waals surface area contributed by atoms with Crippen molar-refractivity contribution in [2.45, 2.75) is 11.0 Å². The molecule has 0 spiro atoms. The van der Waals surface area contributed by atoms with Crippen LogP contribution >= 0.6 is 0 Å². The van der Waals surface area contributed by atoms with E-state index in [4.69, 9.17) is 0 Å². The summed E-state index contributed by atoms with van der Waals surface area (Å²) in [5, 5.41) is 12.7. The molecular formula is C16H21N3O4S. The van der Waals surface area contributed by atoms with Crippen molar-refractivity contribution in [3.05, 3.63) is 53.9 Å². The summed E-state index contributed by atoms with van der Waals surface area (Å²) in [5.41, 5.74) is 1.02. The molecule has 24 heavy (non-hydrogen) atoms. The van der Waals surface area contributed by atoms with Gasteiger partial charge in [0, 0.05) is 45.1 Å². The number of rotatable bonds is 6. The highest BCUT2D eigenvalue weighted by atomic mass is 32.2. The molecule has 1 unspecified atom stereocenters. The van der Waals surface area contributed by atoms with Gasteiger partial charge in [-0.2, -0.15) is 0 Å². The Hall–Kier alpha value is -2.16. The molecule has 2 N–H and O–H groups in total. The van der Waals surface area contributed by atoms with Gasteiger partial charge in [0.15, 0.2) is 0 Å². The minimum absolute atomic E-state index is 0.0639. The van der Waals surface area contributed by atoms with Crippen LogP contribution in [0.15, 0.2) is 47.5 Å². The van der Waals surface area contributed by atoms with Crippen LogP contribution in [0, 0.1) is 0 Å². The van der Waals surface area contributed by atoms with Crippen LogP contribution in [-0.4, -0.2) is 48.9 Å². The summed E-state index contributed by atoms with van der Waals surface area (Å²) in [6.07, 6.45) is 0.993. The first kappa shape index (κ1) is 18.2. The number of sulfonamides is 1. The van der Waals surface area contributed by atoms with E-state index in [1.54, 1.807) is 10.6 Å². The topological polar surface area (TPSA) is 91.6 Å². The van der Waals surface area contributed by atoms with Crippen molar-refractivity contribution in [3.63, 3.8) is 0 Å². The number of carbonyl (C=O) groups excluding carboxylic acids is 1. The molecule has 1 amide bonds. The summed E-state index contributed by atoms with van der Waals surface area (Å²) in [5.74, 6) is -0.378.